The normalized spacial score (nSPS) is 11.6. The second kappa shape index (κ2) is 5.79. The first-order valence-electron chi connectivity index (χ1n) is 5.15. The number of nitrogens with one attached hydrogen (secondary N) is 2. The molecule has 1 aromatic rings. The minimum atomic E-state index is -0.469. The van der Waals surface area contributed by atoms with Gasteiger partial charge in [0, 0.05) is 12.6 Å². The largest absolute Gasteiger partial charge is 0.385 e. The predicted molar refractivity (Wildman–Crippen MR) is 65.3 cm³/mol. The van der Waals surface area contributed by atoms with Gasteiger partial charge in [0.15, 0.2) is 5.78 Å². The summed E-state index contributed by atoms with van der Waals surface area (Å²) in [6.07, 6.45) is 1.11. The molecule has 0 atom stereocenters. The molecular formula is C12H14FN3O. The van der Waals surface area contributed by atoms with Crippen LogP contribution in [0.15, 0.2) is 35.7 Å². The SMILES string of the molecule is CCC(=O)/C(C=N)=C(\N)Nc1ccccc1F. The number of hydrogen-bond donors (Lipinski definition) is 3. The maximum atomic E-state index is 13.3. The number of nitrogens with two attached hydrogens (primary N) is 1. The number of benzene rings is 1. The molecule has 0 unspecified atom stereocenters. The van der Waals surface area contributed by atoms with Gasteiger partial charge in [0.1, 0.15) is 11.6 Å². The van der Waals surface area contributed by atoms with Crippen molar-refractivity contribution in [1.29, 1.82) is 5.41 Å². The van der Waals surface area contributed by atoms with Gasteiger partial charge in [-0.05, 0) is 12.1 Å². The number of anilines is 1. The van der Waals surface area contributed by atoms with Crippen molar-refractivity contribution >= 4 is 17.7 Å². The van der Waals surface area contributed by atoms with Crippen molar-refractivity contribution in [3.05, 3.63) is 41.5 Å². The summed E-state index contributed by atoms with van der Waals surface area (Å²) in [5.41, 5.74) is 5.86. The molecule has 1 rings (SSSR count). The first-order valence-corrected chi connectivity index (χ1v) is 5.15. The maximum Gasteiger partial charge on any atom is 0.167 e. The third-order valence-corrected chi connectivity index (χ3v) is 2.20. The lowest BCUT2D eigenvalue weighted by molar-refractivity contribution is -0.114. The lowest BCUT2D eigenvalue weighted by Crippen LogP contribution is -2.18. The fourth-order valence-corrected chi connectivity index (χ4v) is 1.27. The molecule has 0 spiro atoms. The lowest BCUT2D eigenvalue weighted by Gasteiger charge is -2.10. The highest BCUT2D eigenvalue weighted by Crippen LogP contribution is 2.14. The van der Waals surface area contributed by atoms with E-state index in [1.807, 2.05) is 0 Å². The Morgan fingerprint density at radius 1 is 1.53 bits per heavy atom. The van der Waals surface area contributed by atoms with Crippen molar-refractivity contribution in [1.82, 2.24) is 0 Å². The van der Waals surface area contributed by atoms with Crippen molar-refractivity contribution in [2.75, 3.05) is 5.32 Å². The Morgan fingerprint density at radius 3 is 2.71 bits per heavy atom. The second-order valence-corrected chi connectivity index (χ2v) is 3.35. The number of para-hydroxylation sites is 1. The molecular weight excluding hydrogens is 221 g/mol. The summed E-state index contributed by atoms with van der Waals surface area (Å²) >= 11 is 0. The van der Waals surface area contributed by atoms with Crippen LogP contribution in [-0.2, 0) is 4.79 Å². The maximum absolute atomic E-state index is 13.3. The summed E-state index contributed by atoms with van der Waals surface area (Å²) in [5, 5.41) is 9.71. The van der Waals surface area contributed by atoms with E-state index in [0.717, 1.165) is 6.21 Å². The van der Waals surface area contributed by atoms with Gasteiger partial charge < -0.3 is 16.5 Å². The van der Waals surface area contributed by atoms with Crippen LogP contribution in [0.25, 0.3) is 0 Å². The van der Waals surface area contributed by atoms with Crippen molar-refractivity contribution in [2.45, 2.75) is 13.3 Å². The molecule has 0 bridgehead atoms. The van der Waals surface area contributed by atoms with Gasteiger partial charge in [-0.3, -0.25) is 4.79 Å². The fraction of sp³-hybridized carbons (Fsp3) is 0.167. The van der Waals surface area contributed by atoms with Crippen LogP contribution >= 0.6 is 0 Å². The lowest BCUT2D eigenvalue weighted by atomic mass is 10.1. The Morgan fingerprint density at radius 2 is 2.18 bits per heavy atom. The highest BCUT2D eigenvalue weighted by atomic mass is 19.1. The first kappa shape index (κ1) is 12.9. The van der Waals surface area contributed by atoms with Crippen LogP contribution in [0.2, 0.25) is 0 Å². The van der Waals surface area contributed by atoms with E-state index in [0.29, 0.717) is 0 Å². The quantitative estimate of drug-likeness (QED) is 0.539. The van der Waals surface area contributed by atoms with E-state index in [1.54, 1.807) is 19.1 Å². The van der Waals surface area contributed by atoms with Gasteiger partial charge in [-0.2, -0.15) is 0 Å². The Kier molecular flexibility index (Phi) is 4.39. The number of rotatable bonds is 5. The van der Waals surface area contributed by atoms with Gasteiger partial charge in [-0.15, -0.1) is 0 Å². The zero-order chi connectivity index (χ0) is 12.8. The van der Waals surface area contributed by atoms with E-state index >= 15 is 0 Å². The Hall–Kier alpha value is -2.17. The summed E-state index contributed by atoms with van der Waals surface area (Å²) in [7, 11) is 0. The molecule has 0 amide bonds. The van der Waals surface area contributed by atoms with Crippen LogP contribution in [0.3, 0.4) is 0 Å². The zero-order valence-corrected chi connectivity index (χ0v) is 9.46. The Bertz CT molecular complexity index is 469. The standard InChI is InChI=1S/C12H14FN3O/c1-2-11(17)8(7-14)12(15)16-10-6-4-3-5-9(10)13/h3-7,14,16H,2,15H2,1H3/b12-8+,14-7?. The fourth-order valence-electron chi connectivity index (χ4n) is 1.27. The van der Waals surface area contributed by atoms with Crippen molar-refractivity contribution in [3.63, 3.8) is 0 Å². The van der Waals surface area contributed by atoms with Crippen molar-refractivity contribution in [3.8, 4) is 0 Å². The third-order valence-electron chi connectivity index (χ3n) is 2.20. The van der Waals surface area contributed by atoms with Gasteiger partial charge in [0.2, 0.25) is 0 Å². The number of ketones is 1. The van der Waals surface area contributed by atoms with Gasteiger partial charge in [-0.25, -0.2) is 4.39 Å². The monoisotopic (exact) mass is 235 g/mol. The number of halogens is 1. The molecule has 0 aliphatic rings. The minimum Gasteiger partial charge on any atom is -0.385 e. The smallest absolute Gasteiger partial charge is 0.167 e. The summed E-state index contributed by atoms with van der Waals surface area (Å²) in [6, 6.07) is 5.97. The van der Waals surface area contributed by atoms with Crippen LogP contribution in [0.5, 0.6) is 0 Å². The Balaban J connectivity index is 3.01. The summed E-state index contributed by atoms with van der Waals surface area (Å²) in [5.74, 6) is -0.748. The highest BCUT2D eigenvalue weighted by Gasteiger charge is 2.10. The van der Waals surface area contributed by atoms with Gasteiger partial charge >= 0.3 is 0 Å². The topological polar surface area (TPSA) is 79.0 Å². The van der Waals surface area contributed by atoms with E-state index in [-0.39, 0.29) is 29.3 Å². The highest BCUT2D eigenvalue weighted by molar-refractivity contribution is 6.13. The molecule has 5 heteroatoms. The average molecular weight is 235 g/mol. The molecule has 4 nitrogen and oxygen atoms in total. The number of allylic oxidation sites excluding steroid dienone is 1. The molecule has 0 aliphatic heterocycles. The van der Waals surface area contributed by atoms with E-state index < -0.39 is 5.82 Å². The summed E-state index contributed by atoms with van der Waals surface area (Å²) in [6.45, 7) is 1.67. The zero-order valence-electron chi connectivity index (χ0n) is 9.46. The van der Waals surface area contributed by atoms with Crippen molar-refractivity contribution in [2.24, 2.45) is 5.73 Å². The second-order valence-electron chi connectivity index (χ2n) is 3.35. The molecule has 0 radical (unpaired) electrons. The van der Waals surface area contributed by atoms with E-state index in [1.165, 1.54) is 12.1 Å². The molecule has 1 aromatic carbocycles. The van der Waals surface area contributed by atoms with Gasteiger partial charge in [0.05, 0.1) is 11.3 Å². The Labute approximate surface area is 98.8 Å². The van der Waals surface area contributed by atoms with Crippen LogP contribution in [-0.4, -0.2) is 12.0 Å². The first-order chi connectivity index (χ1) is 8.10. The molecule has 0 saturated heterocycles. The van der Waals surface area contributed by atoms with Crippen molar-refractivity contribution < 1.29 is 9.18 Å². The number of carbonyl (C=O) groups excluding carboxylic acids is 1. The van der Waals surface area contributed by atoms with Gasteiger partial charge in [-0.1, -0.05) is 19.1 Å². The van der Waals surface area contributed by atoms with Crippen LogP contribution in [0, 0.1) is 11.2 Å². The molecule has 0 aliphatic carbocycles. The molecule has 0 aromatic heterocycles. The number of carbonyl (C=O) groups is 1. The van der Waals surface area contributed by atoms with Gasteiger partial charge in [0.25, 0.3) is 0 Å². The number of hydrogen-bond acceptors (Lipinski definition) is 4. The average Bonchev–Trinajstić information content (AvgIpc) is 2.32. The van der Waals surface area contributed by atoms with E-state index in [9.17, 15) is 9.18 Å². The van der Waals surface area contributed by atoms with Crippen LogP contribution < -0.4 is 11.1 Å². The summed E-state index contributed by atoms with van der Waals surface area (Å²) in [4.78, 5) is 11.4. The van der Waals surface area contributed by atoms with Crippen LogP contribution in [0.1, 0.15) is 13.3 Å². The molecule has 17 heavy (non-hydrogen) atoms. The van der Waals surface area contributed by atoms with Crippen LogP contribution in [0.4, 0.5) is 10.1 Å². The third kappa shape index (κ3) is 3.14. The van der Waals surface area contributed by atoms with E-state index in [4.69, 9.17) is 11.1 Å². The molecule has 0 saturated carbocycles. The van der Waals surface area contributed by atoms with E-state index in [2.05, 4.69) is 5.32 Å². The molecule has 4 N–H and O–H groups in total. The predicted octanol–water partition coefficient (Wildman–Crippen LogP) is 2.04. The number of Topliss-reactive ketones (excluding diaryl/α,β-unsaturated/α-hetero) is 1. The molecule has 0 heterocycles. The summed E-state index contributed by atoms with van der Waals surface area (Å²) < 4.78 is 13.3. The molecule has 0 fully saturated rings. The minimum absolute atomic E-state index is 0.0167. The molecule has 90 valence electrons.